The highest BCUT2D eigenvalue weighted by molar-refractivity contribution is 6.06. The smallest absolute Gasteiger partial charge is 0.325 e. The van der Waals surface area contributed by atoms with E-state index in [1.165, 1.54) is 0 Å². The molecule has 0 saturated carbocycles. The minimum atomic E-state index is -0.908. The molecule has 0 radical (unpaired) electrons. The number of nitrogens with one attached hydrogen (secondary N) is 1. The molecule has 2 N–H and O–H groups in total. The Morgan fingerprint density at radius 1 is 1.33 bits per heavy atom. The summed E-state index contributed by atoms with van der Waals surface area (Å²) in [5, 5.41) is 12.6. The quantitative estimate of drug-likeness (QED) is 0.722. The topological polar surface area (TPSA) is 89.9 Å². The molecule has 1 unspecified atom stereocenters. The number of piperidine rings is 1. The first-order valence-corrected chi connectivity index (χ1v) is 7.27. The summed E-state index contributed by atoms with van der Waals surface area (Å²) in [5.74, 6) is -0.453. The predicted octanol–water partition coefficient (Wildman–Crippen LogP) is 0.0803. The van der Waals surface area contributed by atoms with Crippen LogP contribution in [0.4, 0.5) is 4.79 Å². The SMILES string of the molecule is CC1(O)CCCN(C(=O)CCN2C(=O)NC(C)(C)C2=O)C1. The summed E-state index contributed by atoms with van der Waals surface area (Å²) >= 11 is 0. The van der Waals surface area contributed by atoms with Crippen molar-refractivity contribution < 1.29 is 19.5 Å². The van der Waals surface area contributed by atoms with E-state index in [0.29, 0.717) is 19.5 Å². The van der Waals surface area contributed by atoms with Gasteiger partial charge < -0.3 is 15.3 Å². The number of rotatable bonds is 3. The normalized spacial score (nSPS) is 28.8. The Kier molecular flexibility index (Phi) is 3.97. The van der Waals surface area contributed by atoms with Crippen LogP contribution in [0.15, 0.2) is 0 Å². The Morgan fingerprint density at radius 3 is 2.52 bits per heavy atom. The van der Waals surface area contributed by atoms with Gasteiger partial charge in [-0.1, -0.05) is 0 Å². The van der Waals surface area contributed by atoms with E-state index in [4.69, 9.17) is 0 Å². The van der Waals surface area contributed by atoms with Crippen LogP contribution in [0.25, 0.3) is 0 Å². The number of hydrogen-bond acceptors (Lipinski definition) is 4. The van der Waals surface area contributed by atoms with E-state index in [9.17, 15) is 19.5 Å². The van der Waals surface area contributed by atoms with E-state index in [1.54, 1.807) is 25.7 Å². The lowest BCUT2D eigenvalue weighted by Crippen LogP contribution is -2.49. The van der Waals surface area contributed by atoms with Gasteiger partial charge in [0.15, 0.2) is 0 Å². The van der Waals surface area contributed by atoms with Gasteiger partial charge >= 0.3 is 6.03 Å². The van der Waals surface area contributed by atoms with Crippen molar-refractivity contribution in [1.82, 2.24) is 15.1 Å². The van der Waals surface area contributed by atoms with E-state index in [-0.39, 0.29) is 24.8 Å². The number of urea groups is 1. The lowest BCUT2D eigenvalue weighted by atomic mass is 9.95. The van der Waals surface area contributed by atoms with Crippen LogP contribution < -0.4 is 5.32 Å². The number of imide groups is 1. The summed E-state index contributed by atoms with van der Waals surface area (Å²) in [6.07, 6.45) is 1.53. The molecule has 2 rings (SSSR count). The first-order valence-electron chi connectivity index (χ1n) is 7.27. The molecule has 7 heteroatoms. The van der Waals surface area contributed by atoms with Gasteiger partial charge in [-0.2, -0.15) is 0 Å². The van der Waals surface area contributed by atoms with Crippen molar-refractivity contribution in [1.29, 1.82) is 0 Å². The van der Waals surface area contributed by atoms with E-state index < -0.39 is 17.2 Å². The second-order valence-electron chi connectivity index (χ2n) is 6.68. The summed E-state index contributed by atoms with van der Waals surface area (Å²) in [7, 11) is 0. The third-order valence-electron chi connectivity index (χ3n) is 4.02. The van der Waals surface area contributed by atoms with Gasteiger partial charge in [0.1, 0.15) is 5.54 Å². The minimum Gasteiger partial charge on any atom is -0.388 e. The first kappa shape index (κ1) is 15.8. The molecule has 4 amide bonds. The van der Waals surface area contributed by atoms with Crippen molar-refractivity contribution in [2.75, 3.05) is 19.6 Å². The van der Waals surface area contributed by atoms with Crippen molar-refractivity contribution in [3.05, 3.63) is 0 Å². The Bertz CT molecular complexity index is 473. The average molecular weight is 297 g/mol. The van der Waals surface area contributed by atoms with Crippen molar-refractivity contribution in [3.63, 3.8) is 0 Å². The molecule has 7 nitrogen and oxygen atoms in total. The molecule has 118 valence electrons. The number of nitrogens with zero attached hydrogens (tertiary/aromatic N) is 2. The monoisotopic (exact) mass is 297 g/mol. The molecule has 2 fully saturated rings. The summed E-state index contributed by atoms with van der Waals surface area (Å²) < 4.78 is 0. The maximum Gasteiger partial charge on any atom is 0.325 e. The highest BCUT2D eigenvalue weighted by Crippen LogP contribution is 2.21. The fourth-order valence-electron chi connectivity index (χ4n) is 2.82. The van der Waals surface area contributed by atoms with Gasteiger partial charge in [0.2, 0.25) is 5.91 Å². The molecule has 2 saturated heterocycles. The summed E-state index contributed by atoms with van der Waals surface area (Å²) in [5.41, 5.74) is -1.76. The van der Waals surface area contributed by atoms with Crippen molar-refractivity contribution in [2.24, 2.45) is 0 Å². The number of aliphatic hydroxyl groups is 1. The number of likely N-dealkylation sites (tertiary alicyclic amines) is 1. The standard InChI is InChI=1S/C14H23N3O4/c1-13(2)11(19)17(12(20)15-13)8-5-10(18)16-7-4-6-14(3,21)9-16/h21H,4-9H2,1-3H3,(H,15,20). The van der Waals surface area contributed by atoms with Gasteiger partial charge in [-0.25, -0.2) is 4.79 Å². The van der Waals surface area contributed by atoms with Crippen LogP contribution in [0.3, 0.4) is 0 Å². The molecule has 0 aliphatic carbocycles. The predicted molar refractivity (Wildman–Crippen MR) is 75.4 cm³/mol. The second-order valence-corrected chi connectivity index (χ2v) is 6.68. The fourth-order valence-corrected chi connectivity index (χ4v) is 2.82. The third-order valence-corrected chi connectivity index (χ3v) is 4.02. The molecule has 21 heavy (non-hydrogen) atoms. The molecule has 2 heterocycles. The number of β-amino-alcohol motifs (C(OH)–C–C–N with tert-alkyl or cyclic N) is 1. The van der Waals surface area contributed by atoms with Crippen LogP contribution >= 0.6 is 0 Å². The highest BCUT2D eigenvalue weighted by atomic mass is 16.3. The molecule has 1 atom stereocenters. The summed E-state index contributed by atoms with van der Waals surface area (Å²) in [6, 6.07) is -0.455. The average Bonchev–Trinajstić information content (AvgIpc) is 2.55. The van der Waals surface area contributed by atoms with Crippen LogP contribution in [0, 0.1) is 0 Å². The van der Waals surface area contributed by atoms with Gasteiger partial charge in [0.05, 0.1) is 5.60 Å². The van der Waals surface area contributed by atoms with E-state index >= 15 is 0 Å². The Hall–Kier alpha value is -1.63. The fraction of sp³-hybridized carbons (Fsp3) is 0.786. The van der Waals surface area contributed by atoms with E-state index in [1.807, 2.05) is 0 Å². The zero-order chi connectivity index (χ0) is 15.8. The number of hydrogen-bond donors (Lipinski definition) is 2. The maximum absolute atomic E-state index is 12.2. The second kappa shape index (κ2) is 5.29. The molecule has 2 aliphatic rings. The van der Waals surface area contributed by atoms with Gasteiger partial charge in [-0.15, -0.1) is 0 Å². The van der Waals surface area contributed by atoms with Gasteiger partial charge in [-0.05, 0) is 33.6 Å². The molecular weight excluding hydrogens is 274 g/mol. The Morgan fingerprint density at radius 2 is 2.00 bits per heavy atom. The first-order chi connectivity index (χ1) is 9.62. The molecule has 2 aliphatic heterocycles. The van der Waals surface area contributed by atoms with Crippen molar-refractivity contribution in [3.8, 4) is 0 Å². The largest absolute Gasteiger partial charge is 0.388 e. The van der Waals surface area contributed by atoms with Crippen LogP contribution in [-0.2, 0) is 9.59 Å². The Labute approximate surface area is 124 Å². The minimum absolute atomic E-state index is 0.0750. The lowest BCUT2D eigenvalue weighted by molar-refractivity contribution is -0.138. The zero-order valence-corrected chi connectivity index (χ0v) is 12.8. The van der Waals surface area contributed by atoms with Crippen LogP contribution in [0.2, 0.25) is 0 Å². The number of carbonyl (C=O) groups excluding carboxylic acids is 3. The van der Waals surface area contributed by atoms with Crippen LogP contribution in [0.5, 0.6) is 0 Å². The van der Waals surface area contributed by atoms with Crippen molar-refractivity contribution >= 4 is 17.8 Å². The Balaban J connectivity index is 1.90. The lowest BCUT2D eigenvalue weighted by Gasteiger charge is -2.37. The summed E-state index contributed by atoms with van der Waals surface area (Å²) in [6.45, 7) is 5.98. The molecular formula is C14H23N3O4. The van der Waals surface area contributed by atoms with Crippen molar-refractivity contribution in [2.45, 2.75) is 51.2 Å². The zero-order valence-electron chi connectivity index (χ0n) is 12.8. The maximum atomic E-state index is 12.2. The third kappa shape index (κ3) is 3.34. The molecule has 0 aromatic heterocycles. The van der Waals surface area contributed by atoms with Gasteiger partial charge in [0.25, 0.3) is 5.91 Å². The van der Waals surface area contributed by atoms with E-state index in [0.717, 1.165) is 11.3 Å². The number of carbonyl (C=O) groups is 3. The molecule has 0 aromatic carbocycles. The number of amides is 4. The van der Waals surface area contributed by atoms with Gasteiger partial charge in [0, 0.05) is 26.1 Å². The van der Waals surface area contributed by atoms with E-state index in [2.05, 4.69) is 5.32 Å². The highest BCUT2D eigenvalue weighted by Gasteiger charge is 2.44. The molecule has 0 spiro atoms. The molecule has 0 bridgehead atoms. The van der Waals surface area contributed by atoms with Gasteiger partial charge in [-0.3, -0.25) is 14.5 Å². The molecule has 0 aromatic rings. The van der Waals surface area contributed by atoms with Crippen LogP contribution in [0.1, 0.15) is 40.0 Å². The summed E-state index contributed by atoms with van der Waals surface area (Å²) in [4.78, 5) is 38.6. The van der Waals surface area contributed by atoms with Crippen LogP contribution in [-0.4, -0.2) is 63.5 Å².